The molecule has 2 rings (SSSR count). The molecule has 0 spiro atoms. The second kappa shape index (κ2) is 2.06. The van der Waals surface area contributed by atoms with Crippen LogP contribution < -0.4 is 5.48 Å². The first-order valence-corrected chi connectivity index (χ1v) is 3.14. The molecule has 1 aliphatic rings. The summed E-state index contributed by atoms with van der Waals surface area (Å²) in [4.78, 5) is 4.87. The predicted octanol–water partition coefficient (Wildman–Crippen LogP) is 2.01. The molecule has 0 fully saturated rings. The second-order valence-corrected chi connectivity index (χ2v) is 2.11. The van der Waals surface area contributed by atoms with Crippen molar-refractivity contribution in [3.05, 3.63) is 36.1 Å². The first kappa shape index (κ1) is 5.35. The van der Waals surface area contributed by atoms with Crippen molar-refractivity contribution in [2.45, 2.75) is 0 Å². The standard InChI is InChI=1S/C8H7NO/c1-2-4-8-7(3-1)5-6-10-9-8/h1-6,9H. The van der Waals surface area contributed by atoms with Crippen LogP contribution in [0.5, 0.6) is 0 Å². The molecule has 1 aromatic carbocycles. The highest BCUT2D eigenvalue weighted by Gasteiger charge is 2.00. The minimum absolute atomic E-state index is 1.02. The summed E-state index contributed by atoms with van der Waals surface area (Å²) in [6.07, 6.45) is 3.55. The van der Waals surface area contributed by atoms with Crippen molar-refractivity contribution in [2.75, 3.05) is 5.48 Å². The van der Waals surface area contributed by atoms with Crippen molar-refractivity contribution in [1.29, 1.82) is 0 Å². The Balaban J connectivity index is 2.54. The number of nitrogens with one attached hydrogen (secondary N) is 1. The molecule has 0 radical (unpaired) electrons. The van der Waals surface area contributed by atoms with E-state index < -0.39 is 0 Å². The summed E-state index contributed by atoms with van der Waals surface area (Å²) < 4.78 is 0. The number of fused-ring (bicyclic) bond motifs is 1. The highest BCUT2D eigenvalue weighted by molar-refractivity contribution is 5.66. The Morgan fingerprint density at radius 3 is 3.00 bits per heavy atom. The molecule has 0 atom stereocenters. The molecule has 0 saturated carbocycles. The summed E-state index contributed by atoms with van der Waals surface area (Å²) in [5.41, 5.74) is 4.96. The van der Waals surface area contributed by atoms with E-state index >= 15 is 0 Å². The molecule has 1 aromatic rings. The van der Waals surface area contributed by atoms with E-state index in [9.17, 15) is 0 Å². The Morgan fingerprint density at radius 2 is 2.10 bits per heavy atom. The SMILES string of the molecule is C1=Cc2ccccc2NO1. The first-order chi connectivity index (χ1) is 4.97. The Kier molecular flexibility index (Phi) is 1.10. The zero-order valence-electron chi connectivity index (χ0n) is 5.37. The van der Waals surface area contributed by atoms with Gasteiger partial charge >= 0.3 is 0 Å². The van der Waals surface area contributed by atoms with Crippen molar-refractivity contribution in [1.82, 2.24) is 0 Å². The maximum absolute atomic E-state index is 4.87. The zero-order chi connectivity index (χ0) is 6.81. The Bertz CT molecular complexity index is 268. The van der Waals surface area contributed by atoms with Gasteiger partial charge in [-0.3, -0.25) is 0 Å². The molecular formula is C8H7NO. The summed E-state index contributed by atoms with van der Waals surface area (Å²) in [6.45, 7) is 0. The molecule has 1 N–H and O–H groups in total. The van der Waals surface area contributed by atoms with E-state index in [-0.39, 0.29) is 0 Å². The highest BCUT2D eigenvalue weighted by Crippen LogP contribution is 2.19. The van der Waals surface area contributed by atoms with Crippen LogP contribution in [0.3, 0.4) is 0 Å². The van der Waals surface area contributed by atoms with E-state index in [1.54, 1.807) is 6.26 Å². The minimum Gasteiger partial charge on any atom is -0.390 e. The molecule has 2 nitrogen and oxygen atoms in total. The topological polar surface area (TPSA) is 21.3 Å². The van der Waals surface area contributed by atoms with Crippen molar-refractivity contribution in [3.63, 3.8) is 0 Å². The number of hydrogen-bond acceptors (Lipinski definition) is 2. The molecule has 0 aromatic heterocycles. The maximum atomic E-state index is 4.87. The number of benzene rings is 1. The van der Waals surface area contributed by atoms with Crippen LogP contribution in [-0.4, -0.2) is 0 Å². The average molecular weight is 133 g/mol. The molecule has 0 saturated heterocycles. The van der Waals surface area contributed by atoms with Crippen LogP contribution in [0.4, 0.5) is 5.69 Å². The molecule has 2 heteroatoms. The maximum Gasteiger partial charge on any atom is 0.119 e. The monoisotopic (exact) mass is 133 g/mol. The van der Waals surface area contributed by atoms with Crippen molar-refractivity contribution >= 4 is 11.8 Å². The van der Waals surface area contributed by atoms with Crippen molar-refractivity contribution in [2.24, 2.45) is 0 Å². The van der Waals surface area contributed by atoms with Gasteiger partial charge in [-0.05, 0) is 12.1 Å². The quantitative estimate of drug-likeness (QED) is 0.584. The lowest BCUT2D eigenvalue weighted by molar-refractivity contribution is 0.329. The largest absolute Gasteiger partial charge is 0.390 e. The third kappa shape index (κ3) is 0.739. The van der Waals surface area contributed by atoms with Gasteiger partial charge < -0.3 is 4.84 Å². The van der Waals surface area contributed by atoms with Crippen LogP contribution in [0.1, 0.15) is 5.56 Å². The van der Waals surface area contributed by atoms with E-state index in [0.29, 0.717) is 0 Å². The molecular weight excluding hydrogens is 126 g/mol. The summed E-state index contributed by atoms with van der Waals surface area (Å²) in [6, 6.07) is 7.96. The zero-order valence-corrected chi connectivity index (χ0v) is 5.37. The fraction of sp³-hybridized carbons (Fsp3) is 0. The summed E-state index contributed by atoms with van der Waals surface area (Å²) in [7, 11) is 0. The highest BCUT2D eigenvalue weighted by atomic mass is 16.6. The van der Waals surface area contributed by atoms with Crippen LogP contribution in [-0.2, 0) is 4.84 Å². The molecule has 0 unspecified atom stereocenters. The van der Waals surface area contributed by atoms with Crippen LogP contribution >= 0.6 is 0 Å². The van der Waals surface area contributed by atoms with Crippen molar-refractivity contribution in [3.8, 4) is 0 Å². The van der Waals surface area contributed by atoms with Gasteiger partial charge in [0.05, 0.1) is 5.69 Å². The van der Waals surface area contributed by atoms with Gasteiger partial charge in [0, 0.05) is 5.56 Å². The number of para-hydroxylation sites is 1. The normalized spacial score (nSPS) is 13.2. The van der Waals surface area contributed by atoms with Gasteiger partial charge in [-0.25, -0.2) is 5.48 Å². The molecule has 0 amide bonds. The van der Waals surface area contributed by atoms with Crippen LogP contribution in [0.25, 0.3) is 6.08 Å². The van der Waals surface area contributed by atoms with Gasteiger partial charge in [0.1, 0.15) is 6.26 Å². The van der Waals surface area contributed by atoms with Gasteiger partial charge in [-0.15, -0.1) is 0 Å². The molecule has 1 aliphatic heterocycles. The van der Waals surface area contributed by atoms with E-state index in [0.717, 1.165) is 11.3 Å². The third-order valence-corrected chi connectivity index (χ3v) is 1.45. The number of rotatable bonds is 0. The van der Waals surface area contributed by atoms with Crippen molar-refractivity contribution < 1.29 is 4.84 Å². The fourth-order valence-electron chi connectivity index (χ4n) is 0.940. The van der Waals surface area contributed by atoms with Crippen LogP contribution in [0.2, 0.25) is 0 Å². The van der Waals surface area contributed by atoms with E-state index in [1.165, 1.54) is 0 Å². The smallest absolute Gasteiger partial charge is 0.119 e. The summed E-state index contributed by atoms with van der Waals surface area (Å²) in [5, 5.41) is 0. The van der Waals surface area contributed by atoms with E-state index in [1.807, 2.05) is 30.3 Å². The second-order valence-electron chi connectivity index (χ2n) is 2.11. The average Bonchev–Trinajstić information content (AvgIpc) is 2.05. The summed E-state index contributed by atoms with van der Waals surface area (Å²) in [5.74, 6) is 0. The summed E-state index contributed by atoms with van der Waals surface area (Å²) >= 11 is 0. The minimum atomic E-state index is 1.02. The molecule has 10 heavy (non-hydrogen) atoms. The Hall–Kier alpha value is -1.44. The van der Waals surface area contributed by atoms with Gasteiger partial charge in [0.25, 0.3) is 0 Å². The number of hydrogen-bond donors (Lipinski definition) is 1. The van der Waals surface area contributed by atoms with Gasteiger partial charge in [0.15, 0.2) is 0 Å². The van der Waals surface area contributed by atoms with Gasteiger partial charge in [-0.2, -0.15) is 0 Å². The Labute approximate surface area is 59.1 Å². The first-order valence-electron chi connectivity index (χ1n) is 3.14. The lowest BCUT2D eigenvalue weighted by Crippen LogP contribution is -2.00. The fourth-order valence-corrected chi connectivity index (χ4v) is 0.940. The van der Waals surface area contributed by atoms with Gasteiger partial charge in [-0.1, -0.05) is 18.2 Å². The molecule has 0 aliphatic carbocycles. The number of anilines is 1. The molecule has 0 bridgehead atoms. The Morgan fingerprint density at radius 1 is 1.20 bits per heavy atom. The van der Waals surface area contributed by atoms with Gasteiger partial charge in [0.2, 0.25) is 0 Å². The van der Waals surface area contributed by atoms with E-state index in [2.05, 4.69) is 5.48 Å². The molecule has 1 heterocycles. The lowest BCUT2D eigenvalue weighted by Gasteiger charge is -2.11. The molecule has 50 valence electrons. The van der Waals surface area contributed by atoms with E-state index in [4.69, 9.17) is 4.84 Å². The predicted molar refractivity (Wildman–Crippen MR) is 40.2 cm³/mol. The third-order valence-electron chi connectivity index (χ3n) is 1.45. The van der Waals surface area contributed by atoms with Crippen LogP contribution in [0, 0.1) is 0 Å². The lowest BCUT2D eigenvalue weighted by atomic mass is 10.2. The van der Waals surface area contributed by atoms with Crippen LogP contribution in [0.15, 0.2) is 30.5 Å².